The van der Waals surface area contributed by atoms with Crippen LogP contribution in [0.15, 0.2) is 70.1 Å². The molecule has 0 bridgehead atoms. The number of carbonyl (C=O) groups is 1. The summed E-state index contributed by atoms with van der Waals surface area (Å²) < 4.78 is 13.2. The van der Waals surface area contributed by atoms with Gasteiger partial charge in [0.25, 0.3) is 5.91 Å². The maximum absolute atomic E-state index is 12.2. The highest BCUT2D eigenvalue weighted by molar-refractivity contribution is 8.01. The van der Waals surface area contributed by atoms with Crippen LogP contribution in [0, 0.1) is 0 Å². The van der Waals surface area contributed by atoms with Crippen molar-refractivity contribution < 1.29 is 14.3 Å². The molecule has 1 heterocycles. The molecule has 1 aromatic heterocycles. The Hall–Kier alpha value is -2.78. The third kappa shape index (κ3) is 6.21. The van der Waals surface area contributed by atoms with Gasteiger partial charge in [0.05, 0.1) is 29.3 Å². The number of para-hydroxylation sites is 1. The van der Waals surface area contributed by atoms with Crippen LogP contribution in [0.5, 0.6) is 11.5 Å². The normalized spacial score (nSPS) is 11.1. The first kappa shape index (κ1) is 24.3. The van der Waals surface area contributed by atoms with E-state index < -0.39 is 0 Å². The number of halogens is 2. The average molecular weight is 532 g/mol. The number of hydrogen-bond acceptors (Lipinski definition) is 7. The predicted octanol–water partition coefficient (Wildman–Crippen LogP) is 6.43. The van der Waals surface area contributed by atoms with E-state index in [9.17, 15) is 4.79 Å². The zero-order chi connectivity index (χ0) is 23.9. The van der Waals surface area contributed by atoms with Crippen LogP contribution < -0.4 is 14.9 Å². The fourth-order valence-electron chi connectivity index (χ4n) is 2.96. The van der Waals surface area contributed by atoms with E-state index in [0.717, 1.165) is 20.1 Å². The first-order valence-corrected chi connectivity index (χ1v) is 12.6. The molecule has 1 amide bonds. The molecule has 0 aliphatic heterocycles. The number of aromatic nitrogens is 1. The van der Waals surface area contributed by atoms with E-state index in [1.807, 2.05) is 24.3 Å². The first-order valence-electron chi connectivity index (χ1n) is 10.1. The number of methoxy groups -OCH3 is 1. The highest BCUT2D eigenvalue weighted by Crippen LogP contribution is 2.31. The van der Waals surface area contributed by atoms with Crippen LogP contribution in [0.3, 0.4) is 0 Å². The lowest BCUT2D eigenvalue weighted by atomic mass is 10.2. The molecule has 0 spiro atoms. The minimum atomic E-state index is -0.223. The molecule has 0 radical (unpaired) electrons. The van der Waals surface area contributed by atoms with Crippen molar-refractivity contribution in [2.75, 3.05) is 12.9 Å². The standard InChI is InChI=1S/C24H19Cl2N3O3S2/c1-31-20-10-9-15(11-21(20)32-13-16-17(25)5-4-6-18(16)26)12-27-29-23(30)14-33-24-28-19-7-2-3-8-22(19)34-24/h2-12H,13-14H2,1H3,(H,29,30)/b27-12-. The van der Waals surface area contributed by atoms with Gasteiger partial charge < -0.3 is 9.47 Å². The lowest BCUT2D eigenvalue weighted by Gasteiger charge is -2.13. The highest BCUT2D eigenvalue weighted by atomic mass is 35.5. The summed E-state index contributed by atoms with van der Waals surface area (Å²) in [6.07, 6.45) is 1.54. The Morgan fingerprint density at radius 1 is 1.12 bits per heavy atom. The first-order chi connectivity index (χ1) is 16.5. The lowest BCUT2D eigenvalue weighted by molar-refractivity contribution is -0.118. The van der Waals surface area contributed by atoms with Gasteiger partial charge in [-0.3, -0.25) is 4.79 Å². The zero-order valence-electron chi connectivity index (χ0n) is 18.0. The molecule has 10 heteroatoms. The Labute approximate surface area is 214 Å². The minimum Gasteiger partial charge on any atom is -0.493 e. The number of thiazole rings is 1. The van der Waals surface area contributed by atoms with Gasteiger partial charge in [-0.1, -0.05) is 53.2 Å². The molecule has 0 fully saturated rings. The van der Waals surface area contributed by atoms with Crippen molar-refractivity contribution in [3.8, 4) is 11.5 Å². The van der Waals surface area contributed by atoms with Gasteiger partial charge in [0.1, 0.15) is 6.61 Å². The summed E-state index contributed by atoms with van der Waals surface area (Å²) in [5.41, 5.74) is 4.88. The molecule has 6 nitrogen and oxygen atoms in total. The van der Waals surface area contributed by atoms with Crippen LogP contribution >= 0.6 is 46.3 Å². The third-order valence-corrected chi connectivity index (χ3v) is 7.51. The van der Waals surface area contributed by atoms with Gasteiger partial charge >= 0.3 is 0 Å². The van der Waals surface area contributed by atoms with Crippen LogP contribution in [0.25, 0.3) is 10.2 Å². The minimum absolute atomic E-state index is 0.176. The number of ether oxygens (including phenoxy) is 2. The number of fused-ring (bicyclic) bond motifs is 1. The molecular formula is C24H19Cl2N3O3S2. The van der Waals surface area contributed by atoms with Gasteiger partial charge in [-0.15, -0.1) is 11.3 Å². The molecule has 3 aromatic carbocycles. The zero-order valence-corrected chi connectivity index (χ0v) is 21.1. The molecule has 34 heavy (non-hydrogen) atoms. The number of thioether (sulfide) groups is 1. The van der Waals surface area contributed by atoms with Gasteiger partial charge in [0.15, 0.2) is 15.8 Å². The lowest BCUT2D eigenvalue weighted by Crippen LogP contribution is -2.19. The summed E-state index contributed by atoms with van der Waals surface area (Å²) in [6, 6.07) is 18.5. The number of nitrogens with one attached hydrogen (secondary N) is 1. The smallest absolute Gasteiger partial charge is 0.250 e. The Kier molecular flexibility index (Phi) is 8.29. The second-order valence-corrected chi connectivity index (χ2v) is 10.00. The summed E-state index contributed by atoms with van der Waals surface area (Å²) in [4.78, 5) is 16.7. The topological polar surface area (TPSA) is 72.8 Å². The fraction of sp³-hybridized carbons (Fsp3) is 0.125. The number of nitrogens with zero attached hydrogens (tertiary/aromatic N) is 2. The van der Waals surface area contributed by atoms with Crippen LogP contribution in [0.2, 0.25) is 10.0 Å². The molecule has 4 rings (SSSR count). The molecule has 0 aliphatic rings. The van der Waals surface area contributed by atoms with E-state index in [2.05, 4.69) is 15.5 Å². The van der Waals surface area contributed by atoms with Crippen molar-refractivity contribution in [2.45, 2.75) is 10.9 Å². The van der Waals surface area contributed by atoms with Crippen molar-refractivity contribution in [3.63, 3.8) is 0 Å². The molecule has 0 saturated heterocycles. The summed E-state index contributed by atoms with van der Waals surface area (Å²) in [5, 5.41) is 5.09. The van der Waals surface area contributed by atoms with E-state index in [4.69, 9.17) is 32.7 Å². The van der Waals surface area contributed by atoms with E-state index in [1.54, 1.807) is 54.8 Å². The second kappa shape index (κ2) is 11.6. The van der Waals surface area contributed by atoms with Gasteiger partial charge in [-0.05, 0) is 48.0 Å². The quantitative estimate of drug-likeness (QED) is 0.153. The largest absolute Gasteiger partial charge is 0.493 e. The number of hydrogen-bond donors (Lipinski definition) is 1. The highest BCUT2D eigenvalue weighted by Gasteiger charge is 2.10. The van der Waals surface area contributed by atoms with Crippen LogP contribution in [0.4, 0.5) is 0 Å². The van der Waals surface area contributed by atoms with Gasteiger partial charge in [0, 0.05) is 15.6 Å². The summed E-state index contributed by atoms with van der Waals surface area (Å²) in [7, 11) is 1.56. The monoisotopic (exact) mass is 531 g/mol. The Morgan fingerprint density at radius 2 is 1.91 bits per heavy atom. The SMILES string of the molecule is COc1ccc(/C=N\NC(=O)CSc2nc3ccccc3s2)cc1OCc1c(Cl)cccc1Cl. The van der Waals surface area contributed by atoms with Crippen molar-refractivity contribution >= 4 is 68.6 Å². The molecule has 174 valence electrons. The Balaban J connectivity index is 1.34. The van der Waals surface area contributed by atoms with Crippen LogP contribution in [0.1, 0.15) is 11.1 Å². The van der Waals surface area contributed by atoms with E-state index in [-0.39, 0.29) is 18.3 Å². The Bertz CT molecular complexity index is 1290. The maximum atomic E-state index is 12.2. The Morgan fingerprint density at radius 3 is 2.68 bits per heavy atom. The van der Waals surface area contributed by atoms with Crippen molar-refractivity contribution in [1.29, 1.82) is 0 Å². The summed E-state index contributed by atoms with van der Waals surface area (Å²) >= 11 is 15.4. The predicted molar refractivity (Wildman–Crippen MR) is 140 cm³/mol. The van der Waals surface area contributed by atoms with Crippen molar-refractivity contribution in [3.05, 3.63) is 81.8 Å². The van der Waals surface area contributed by atoms with Gasteiger partial charge in [-0.25, -0.2) is 10.4 Å². The van der Waals surface area contributed by atoms with Crippen molar-refractivity contribution in [1.82, 2.24) is 10.4 Å². The second-order valence-electron chi connectivity index (χ2n) is 6.93. The van der Waals surface area contributed by atoms with Crippen LogP contribution in [-0.4, -0.2) is 30.0 Å². The average Bonchev–Trinajstić information content (AvgIpc) is 3.26. The maximum Gasteiger partial charge on any atom is 0.250 e. The molecule has 1 N–H and O–H groups in total. The number of amides is 1. The molecular weight excluding hydrogens is 513 g/mol. The van der Waals surface area contributed by atoms with Crippen molar-refractivity contribution in [2.24, 2.45) is 5.10 Å². The molecule has 0 unspecified atom stereocenters. The summed E-state index contributed by atoms with van der Waals surface area (Å²) in [6.45, 7) is 0.176. The third-order valence-electron chi connectivity index (χ3n) is 4.63. The number of hydrazone groups is 1. The van der Waals surface area contributed by atoms with Crippen LogP contribution in [-0.2, 0) is 11.4 Å². The van der Waals surface area contributed by atoms with E-state index in [0.29, 0.717) is 27.1 Å². The molecule has 0 aliphatic carbocycles. The fourth-order valence-corrected chi connectivity index (χ4v) is 5.33. The van der Waals surface area contributed by atoms with E-state index >= 15 is 0 Å². The number of carbonyl (C=O) groups excluding carboxylic acids is 1. The molecule has 4 aromatic rings. The number of rotatable bonds is 9. The van der Waals surface area contributed by atoms with Gasteiger partial charge in [0.2, 0.25) is 0 Å². The van der Waals surface area contributed by atoms with Gasteiger partial charge in [-0.2, -0.15) is 5.10 Å². The van der Waals surface area contributed by atoms with E-state index in [1.165, 1.54) is 18.0 Å². The molecule has 0 atom stereocenters. The number of benzene rings is 3. The summed E-state index contributed by atoms with van der Waals surface area (Å²) in [5.74, 6) is 1.04. The molecule has 0 saturated carbocycles.